The number of hydrogen-bond acceptors (Lipinski definition) is 3. The summed E-state index contributed by atoms with van der Waals surface area (Å²) in [5.74, 6) is 1.37. The molecule has 108 valence electrons. The third-order valence-electron chi connectivity index (χ3n) is 3.80. The number of sulfonamides is 1. The van der Waals surface area contributed by atoms with Crippen molar-refractivity contribution in [2.75, 3.05) is 13.1 Å². The Hall–Kier alpha value is -0.100. The van der Waals surface area contributed by atoms with Gasteiger partial charge in [-0.1, -0.05) is 13.8 Å². The summed E-state index contributed by atoms with van der Waals surface area (Å²) in [4.78, 5) is 2.19. The fraction of sp³-hybridized carbons (Fsp3) is 0.692. The highest BCUT2D eigenvalue weighted by molar-refractivity contribution is 7.89. The predicted molar refractivity (Wildman–Crippen MR) is 80.3 cm³/mol. The summed E-state index contributed by atoms with van der Waals surface area (Å²) < 4.78 is 26.9. The van der Waals surface area contributed by atoms with Crippen molar-refractivity contribution in [1.29, 1.82) is 0 Å². The number of hydrogen-bond donors (Lipinski definition) is 0. The van der Waals surface area contributed by atoms with Crippen molar-refractivity contribution >= 4 is 33.0 Å². The molecule has 2 rings (SSSR count). The maximum atomic E-state index is 12.6. The zero-order valence-electron chi connectivity index (χ0n) is 11.5. The van der Waals surface area contributed by atoms with Gasteiger partial charge >= 0.3 is 0 Å². The van der Waals surface area contributed by atoms with Gasteiger partial charge < -0.3 is 0 Å². The van der Waals surface area contributed by atoms with E-state index in [2.05, 4.69) is 13.8 Å². The van der Waals surface area contributed by atoms with Crippen LogP contribution < -0.4 is 0 Å². The summed E-state index contributed by atoms with van der Waals surface area (Å²) in [5.41, 5.74) is 0. The lowest BCUT2D eigenvalue weighted by Gasteiger charge is -2.17. The monoisotopic (exact) mass is 321 g/mol. The lowest BCUT2D eigenvalue weighted by atomic mass is 9.96. The van der Waals surface area contributed by atoms with E-state index in [0.29, 0.717) is 35.7 Å². The molecule has 0 spiro atoms. The number of nitrogens with zero attached hydrogens (tertiary/aromatic N) is 1. The summed E-state index contributed by atoms with van der Waals surface area (Å²) in [6, 6.07) is 1.73. The summed E-state index contributed by atoms with van der Waals surface area (Å²) in [5, 5.41) is 0. The van der Waals surface area contributed by atoms with Crippen molar-refractivity contribution in [1.82, 2.24) is 4.31 Å². The summed E-state index contributed by atoms with van der Waals surface area (Å²) in [7, 11) is -3.34. The summed E-state index contributed by atoms with van der Waals surface area (Å²) in [6.07, 6.45) is 0.961. The maximum absolute atomic E-state index is 12.6. The van der Waals surface area contributed by atoms with Crippen LogP contribution in [0.5, 0.6) is 0 Å². The van der Waals surface area contributed by atoms with Crippen molar-refractivity contribution in [3.8, 4) is 0 Å². The molecule has 1 fully saturated rings. The first-order valence-corrected chi connectivity index (χ1v) is 9.30. The van der Waals surface area contributed by atoms with Gasteiger partial charge in [0.2, 0.25) is 10.0 Å². The van der Waals surface area contributed by atoms with Crippen molar-refractivity contribution in [2.24, 2.45) is 11.8 Å². The SMILES string of the molecule is Cc1sc(CCl)cc1S(=O)(=O)N1CCC(C(C)C)C1. The van der Waals surface area contributed by atoms with Crippen molar-refractivity contribution in [3.63, 3.8) is 0 Å². The minimum atomic E-state index is -3.34. The van der Waals surface area contributed by atoms with Gasteiger partial charge in [0.05, 0.1) is 10.8 Å². The van der Waals surface area contributed by atoms with Crippen LogP contribution in [0, 0.1) is 18.8 Å². The van der Waals surface area contributed by atoms with Gasteiger partial charge in [0, 0.05) is 22.8 Å². The maximum Gasteiger partial charge on any atom is 0.244 e. The molecule has 1 aromatic heterocycles. The minimum absolute atomic E-state index is 0.371. The highest BCUT2D eigenvalue weighted by atomic mass is 35.5. The highest BCUT2D eigenvalue weighted by Crippen LogP contribution is 2.33. The summed E-state index contributed by atoms with van der Waals surface area (Å²) in [6.45, 7) is 7.44. The Morgan fingerprint density at radius 1 is 1.53 bits per heavy atom. The van der Waals surface area contributed by atoms with Crippen molar-refractivity contribution in [3.05, 3.63) is 15.8 Å². The van der Waals surface area contributed by atoms with E-state index >= 15 is 0 Å². The van der Waals surface area contributed by atoms with Crippen LogP contribution in [0.25, 0.3) is 0 Å². The first kappa shape index (κ1) is 15.3. The molecule has 3 nitrogen and oxygen atoms in total. The van der Waals surface area contributed by atoms with Gasteiger partial charge in [0.15, 0.2) is 0 Å². The second-order valence-electron chi connectivity index (χ2n) is 5.42. The average Bonchev–Trinajstić information content (AvgIpc) is 2.95. The van der Waals surface area contributed by atoms with Crippen LogP contribution in [0.15, 0.2) is 11.0 Å². The second-order valence-corrected chi connectivity index (χ2v) is 8.94. The third kappa shape index (κ3) is 2.99. The van der Waals surface area contributed by atoms with E-state index in [-0.39, 0.29) is 0 Å². The van der Waals surface area contributed by atoms with Crippen molar-refractivity contribution in [2.45, 2.75) is 38.0 Å². The fourth-order valence-electron chi connectivity index (χ4n) is 2.50. The first-order chi connectivity index (χ1) is 8.86. The molecule has 0 amide bonds. The molecule has 0 aliphatic carbocycles. The fourth-order valence-corrected chi connectivity index (χ4v) is 5.71. The van der Waals surface area contributed by atoms with Gasteiger partial charge in [-0.3, -0.25) is 0 Å². The van der Waals surface area contributed by atoms with Gasteiger partial charge in [0.25, 0.3) is 0 Å². The highest BCUT2D eigenvalue weighted by Gasteiger charge is 2.35. The molecular weight excluding hydrogens is 302 g/mol. The first-order valence-electron chi connectivity index (χ1n) is 6.51. The van der Waals surface area contributed by atoms with Crippen LogP contribution in [0.3, 0.4) is 0 Å². The molecule has 2 heterocycles. The summed E-state index contributed by atoms with van der Waals surface area (Å²) >= 11 is 7.26. The quantitative estimate of drug-likeness (QED) is 0.796. The number of aryl methyl sites for hydroxylation is 1. The number of halogens is 1. The van der Waals surface area contributed by atoms with Crippen LogP contribution in [-0.4, -0.2) is 25.8 Å². The van der Waals surface area contributed by atoms with Gasteiger partial charge in [-0.25, -0.2) is 8.42 Å². The van der Waals surface area contributed by atoms with Gasteiger partial charge in [-0.2, -0.15) is 4.31 Å². The molecule has 1 aromatic rings. The van der Waals surface area contributed by atoms with Crippen molar-refractivity contribution < 1.29 is 8.42 Å². The van der Waals surface area contributed by atoms with E-state index in [0.717, 1.165) is 16.2 Å². The molecule has 19 heavy (non-hydrogen) atoms. The lowest BCUT2D eigenvalue weighted by Crippen LogP contribution is -2.29. The van der Waals surface area contributed by atoms with E-state index in [9.17, 15) is 8.42 Å². The Bertz CT molecular complexity index is 551. The standard InChI is InChI=1S/C13H20ClNO2S2/c1-9(2)11-4-5-15(8-11)19(16,17)13-6-12(7-14)18-10(13)3/h6,9,11H,4-5,7-8H2,1-3H3. The molecule has 1 unspecified atom stereocenters. The van der Waals surface area contributed by atoms with Crippen LogP contribution in [0.1, 0.15) is 30.0 Å². The van der Waals surface area contributed by atoms with Crippen LogP contribution in [0.2, 0.25) is 0 Å². The minimum Gasteiger partial charge on any atom is -0.207 e. The zero-order chi connectivity index (χ0) is 14.2. The number of alkyl halides is 1. The predicted octanol–water partition coefficient (Wildman–Crippen LogP) is 3.46. The molecule has 0 bridgehead atoms. The molecule has 6 heteroatoms. The zero-order valence-corrected chi connectivity index (χ0v) is 13.9. The molecular formula is C13H20ClNO2S2. The third-order valence-corrected chi connectivity index (χ3v) is 7.42. The smallest absolute Gasteiger partial charge is 0.207 e. The average molecular weight is 322 g/mol. The normalized spacial score (nSPS) is 21.4. The molecule has 0 radical (unpaired) electrons. The Balaban J connectivity index is 2.26. The Morgan fingerprint density at radius 2 is 2.21 bits per heavy atom. The molecule has 0 aromatic carbocycles. The molecule has 1 aliphatic rings. The Morgan fingerprint density at radius 3 is 2.68 bits per heavy atom. The molecule has 0 saturated carbocycles. The van der Waals surface area contributed by atoms with Crippen LogP contribution in [-0.2, 0) is 15.9 Å². The van der Waals surface area contributed by atoms with Gasteiger partial charge in [-0.15, -0.1) is 22.9 Å². The number of rotatable bonds is 4. The van der Waals surface area contributed by atoms with E-state index < -0.39 is 10.0 Å². The topological polar surface area (TPSA) is 37.4 Å². The van der Waals surface area contributed by atoms with E-state index in [1.165, 1.54) is 11.3 Å². The molecule has 1 saturated heterocycles. The van der Waals surface area contributed by atoms with E-state index in [1.54, 1.807) is 10.4 Å². The van der Waals surface area contributed by atoms with Gasteiger partial charge in [0.1, 0.15) is 0 Å². The van der Waals surface area contributed by atoms with Gasteiger partial charge in [-0.05, 0) is 31.2 Å². The second kappa shape index (κ2) is 5.72. The van der Waals surface area contributed by atoms with Crippen LogP contribution in [0.4, 0.5) is 0 Å². The Kier molecular flexibility index (Phi) is 4.60. The van der Waals surface area contributed by atoms with Crippen LogP contribution >= 0.6 is 22.9 Å². The van der Waals surface area contributed by atoms with E-state index in [4.69, 9.17) is 11.6 Å². The molecule has 1 aliphatic heterocycles. The molecule has 0 N–H and O–H groups in total. The lowest BCUT2D eigenvalue weighted by molar-refractivity contribution is 0.388. The largest absolute Gasteiger partial charge is 0.244 e. The van der Waals surface area contributed by atoms with E-state index in [1.807, 2.05) is 6.92 Å². The molecule has 1 atom stereocenters. The number of thiophene rings is 1. The Labute approximate surface area is 124 Å².